The molecule has 0 spiro atoms. The summed E-state index contributed by atoms with van der Waals surface area (Å²) in [5.74, 6) is -1.89. The highest BCUT2D eigenvalue weighted by atomic mass is 32.1. The van der Waals surface area contributed by atoms with E-state index in [1.807, 2.05) is 0 Å². The third-order valence-electron chi connectivity index (χ3n) is 2.31. The number of nitrogens with one attached hydrogen (secondary N) is 1. The third-order valence-corrected chi connectivity index (χ3v) is 2.64. The minimum absolute atomic E-state index is 0.0975. The summed E-state index contributed by atoms with van der Waals surface area (Å²) in [5, 5.41) is 21.2. The van der Waals surface area contributed by atoms with Gasteiger partial charge in [-0.15, -0.1) is 0 Å². The molecular weight excluding hydrogens is 244 g/mol. The van der Waals surface area contributed by atoms with Gasteiger partial charge in [-0.1, -0.05) is 0 Å². The first kappa shape index (κ1) is 11.3. The number of carbonyl (C=O) groups is 2. The van der Waals surface area contributed by atoms with Crippen LogP contribution in [0.4, 0.5) is 5.69 Å². The molecule has 1 aromatic rings. The van der Waals surface area contributed by atoms with Crippen LogP contribution in [0.3, 0.4) is 0 Å². The number of aromatic carboxylic acids is 1. The van der Waals surface area contributed by atoms with Gasteiger partial charge in [0.2, 0.25) is 0 Å². The molecule has 88 valence electrons. The summed E-state index contributed by atoms with van der Waals surface area (Å²) >= 11 is 4.92. The Bertz CT molecular complexity index is 513. The molecule has 2 rings (SSSR count). The normalized spacial score (nSPS) is 14.9. The maximum atomic E-state index is 11.5. The van der Waals surface area contributed by atoms with Crippen molar-refractivity contribution in [1.29, 1.82) is 0 Å². The molecule has 0 aromatic heterocycles. The minimum Gasteiger partial charge on any atom is -0.507 e. The molecule has 1 aliphatic heterocycles. The SMILES string of the molecule is O=C(O)c1ccc(N2C(=O)CNC2=S)cc1O. The van der Waals surface area contributed by atoms with Crippen molar-refractivity contribution in [3.05, 3.63) is 23.8 Å². The van der Waals surface area contributed by atoms with Gasteiger partial charge in [0.15, 0.2) is 5.11 Å². The van der Waals surface area contributed by atoms with E-state index in [0.717, 1.165) is 0 Å². The third kappa shape index (κ3) is 1.92. The van der Waals surface area contributed by atoms with Crippen molar-refractivity contribution in [2.45, 2.75) is 0 Å². The summed E-state index contributed by atoms with van der Waals surface area (Å²) in [7, 11) is 0. The Morgan fingerprint density at radius 3 is 2.65 bits per heavy atom. The molecule has 7 heteroatoms. The molecule has 0 bridgehead atoms. The number of rotatable bonds is 2. The summed E-state index contributed by atoms with van der Waals surface area (Å²) in [6.07, 6.45) is 0. The van der Waals surface area contributed by atoms with E-state index in [4.69, 9.17) is 17.3 Å². The Labute approximate surface area is 101 Å². The zero-order valence-electron chi connectivity index (χ0n) is 8.51. The first-order chi connectivity index (χ1) is 8.00. The van der Waals surface area contributed by atoms with Crippen LogP contribution in [0.5, 0.6) is 5.75 Å². The second-order valence-electron chi connectivity index (χ2n) is 3.39. The fourth-order valence-corrected chi connectivity index (χ4v) is 1.80. The molecule has 1 heterocycles. The number of phenols is 1. The lowest BCUT2D eigenvalue weighted by atomic mass is 10.1. The summed E-state index contributed by atoms with van der Waals surface area (Å²) in [6.45, 7) is 0.0975. The highest BCUT2D eigenvalue weighted by molar-refractivity contribution is 7.80. The van der Waals surface area contributed by atoms with Gasteiger partial charge >= 0.3 is 5.97 Å². The Morgan fingerprint density at radius 2 is 2.18 bits per heavy atom. The van der Waals surface area contributed by atoms with Crippen LogP contribution in [0, 0.1) is 0 Å². The largest absolute Gasteiger partial charge is 0.507 e. The van der Waals surface area contributed by atoms with E-state index in [1.165, 1.54) is 23.1 Å². The van der Waals surface area contributed by atoms with Crippen LogP contribution >= 0.6 is 12.2 Å². The fourth-order valence-electron chi connectivity index (χ4n) is 1.52. The maximum Gasteiger partial charge on any atom is 0.339 e. The van der Waals surface area contributed by atoms with Gasteiger partial charge in [-0.2, -0.15) is 0 Å². The molecular formula is C10H8N2O4S. The number of carboxylic acid groups (broad SMARTS) is 1. The lowest BCUT2D eigenvalue weighted by molar-refractivity contribution is -0.115. The molecule has 1 fully saturated rings. The van der Waals surface area contributed by atoms with E-state index in [0.29, 0.717) is 5.69 Å². The van der Waals surface area contributed by atoms with Crippen molar-refractivity contribution in [1.82, 2.24) is 5.32 Å². The molecule has 3 N–H and O–H groups in total. The zero-order valence-corrected chi connectivity index (χ0v) is 9.32. The van der Waals surface area contributed by atoms with Crippen molar-refractivity contribution in [2.24, 2.45) is 0 Å². The smallest absolute Gasteiger partial charge is 0.339 e. The van der Waals surface area contributed by atoms with Crippen molar-refractivity contribution >= 4 is 34.9 Å². The van der Waals surface area contributed by atoms with E-state index < -0.39 is 11.7 Å². The molecule has 6 nitrogen and oxygen atoms in total. The Morgan fingerprint density at radius 1 is 1.47 bits per heavy atom. The molecule has 1 aromatic carbocycles. The Hall–Kier alpha value is -2.15. The fraction of sp³-hybridized carbons (Fsp3) is 0.100. The molecule has 0 aliphatic carbocycles. The Kier molecular flexibility index (Phi) is 2.68. The number of nitrogens with zero attached hydrogens (tertiary/aromatic N) is 1. The van der Waals surface area contributed by atoms with Crippen molar-refractivity contribution in [2.75, 3.05) is 11.4 Å². The van der Waals surface area contributed by atoms with Gasteiger partial charge in [0.05, 0.1) is 12.2 Å². The van der Waals surface area contributed by atoms with Gasteiger partial charge in [-0.3, -0.25) is 9.69 Å². The van der Waals surface area contributed by atoms with Crippen molar-refractivity contribution in [3.8, 4) is 5.75 Å². The van der Waals surface area contributed by atoms with Gasteiger partial charge in [0.1, 0.15) is 11.3 Å². The van der Waals surface area contributed by atoms with E-state index >= 15 is 0 Å². The number of thiocarbonyl (C=S) groups is 1. The average Bonchev–Trinajstić information content (AvgIpc) is 2.58. The number of carbonyl (C=O) groups excluding carboxylic acids is 1. The summed E-state index contributed by atoms with van der Waals surface area (Å²) in [4.78, 5) is 23.4. The highest BCUT2D eigenvalue weighted by Gasteiger charge is 2.27. The molecule has 0 atom stereocenters. The van der Waals surface area contributed by atoms with Crippen LogP contribution in [0.1, 0.15) is 10.4 Å². The van der Waals surface area contributed by atoms with Crippen LogP contribution in [0.25, 0.3) is 0 Å². The predicted octanol–water partition coefficient (Wildman–Crippen LogP) is 0.311. The van der Waals surface area contributed by atoms with E-state index in [2.05, 4.69) is 5.32 Å². The summed E-state index contributed by atoms with van der Waals surface area (Å²) in [5.41, 5.74) is 0.117. The zero-order chi connectivity index (χ0) is 12.6. The molecule has 0 saturated carbocycles. The van der Waals surface area contributed by atoms with Crippen LogP contribution in [0.15, 0.2) is 18.2 Å². The number of hydrogen-bond acceptors (Lipinski definition) is 4. The second-order valence-corrected chi connectivity index (χ2v) is 3.78. The van der Waals surface area contributed by atoms with Crippen LogP contribution in [-0.4, -0.2) is 33.7 Å². The number of carboxylic acids is 1. The maximum absolute atomic E-state index is 11.5. The van der Waals surface area contributed by atoms with Gasteiger partial charge in [0, 0.05) is 6.07 Å². The van der Waals surface area contributed by atoms with E-state index in [9.17, 15) is 14.7 Å². The number of amides is 1. The van der Waals surface area contributed by atoms with Crippen LogP contribution < -0.4 is 10.2 Å². The summed E-state index contributed by atoms with van der Waals surface area (Å²) in [6, 6.07) is 3.84. The lowest BCUT2D eigenvalue weighted by Gasteiger charge is -2.15. The van der Waals surface area contributed by atoms with E-state index in [1.54, 1.807) is 0 Å². The first-order valence-electron chi connectivity index (χ1n) is 4.68. The average molecular weight is 252 g/mol. The number of hydrogen-bond donors (Lipinski definition) is 3. The van der Waals surface area contributed by atoms with Crippen molar-refractivity contribution in [3.63, 3.8) is 0 Å². The van der Waals surface area contributed by atoms with Gasteiger partial charge < -0.3 is 15.5 Å². The predicted molar refractivity (Wildman–Crippen MR) is 63.2 cm³/mol. The van der Waals surface area contributed by atoms with Crippen LogP contribution in [0.2, 0.25) is 0 Å². The summed E-state index contributed by atoms with van der Waals surface area (Å²) < 4.78 is 0. The monoisotopic (exact) mass is 252 g/mol. The molecule has 1 saturated heterocycles. The molecule has 0 unspecified atom stereocenters. The second kappa shape index (κ2) is 4.02. The lowest BCUT2D eigenvalue weighted by Crippen LogP contribution is -2.30. The molecule has 1 aliphatic rings. The van der Waals surface area contributed by atoms with Crippen molar-refractivity contribution < 1.29 is 19.8 Å². The highest BCUT2D eigenvalue weighted by Crippen LogP contribution is 2.26. The minimum atomic E-state index is -1.23. The first-order valence-corrected chi connectivity index (χ1v) is 5.08. The molecule has 0 radical (unpaired) electrons. The number of aromatic hydroxyl groups is 1. The quantitative estimate of drug-likeness (QED) is 0.656. The van der Waals surface area contributed by atoms with Gasteiger partial charge in [-0.05, 0) is 24.4 Å². The molecule has 1 amide bonds. The standard InChI is InChI=1S/C10H8N2O4S/c13-7-3-5(1-2-6(7)9(15)16)12-8(14)4-11-10(12)17/h1-3,13H,4H2,(H,11,17)(H,15,16). The number of benzene rings is 1. The van der Waals surface area contributed by atoms with Gasteiger partial charge in [0.25, 0.3) is 5.91 Å². The molecule has 17 heavy (non-hydrogen) atoms. The topological polar surface area (TPSA) is 89.9 Å². The van der Waals surface area contributed by atoms with E-state index in [-0.39, 0.29) is 23.1 Å². The van der Waals surface area contributed by atoms with Crippen LogP contribution in [-0.2, 0) is 4.79 Å². The van der Waals surface area contributed by atoms with Gasteiger partial charge in [-0.25, -0.2) is 4.79 Å². The Balaban J connectivity index is 2.41. The number of anilines is 1.